The third kappa shape index (κ3) is 3.79. The first kappa shape index (κ1) is 10.6. The van der Waals surface area contributed by atoms with E-state index in [-0.39, 0.29) is 0 Å². The molecule has 0 N–H and O–H groups in total. The summed E-state index contributed by atoms with van der Waals surface area (Å²) < 4.78 is 0. The maximum atomic E-state index is 11.2. The fourth-order valence-electron chi connectivity index (χ4n) is 1.85. The molecular formula is C11H21NO. The minimum absolute atomic E-state index is 0.371. The van der Waals surface area contributed by atoms with E-state index in [4.69, 9.17) is 0 Å². The van der Waals surface area contributed by atoms with Crippen LogP contribution in [0.5, 0.6) is 0 Å². The largest absolute Gasteiger partial charge is 0.343 e. The van der Waals surface area contributed by atoms with Crippen molar-refractivity contribution < 1.29 is 4.79 Å². The molecule has 1 heterocycles. The Labute approximate surface area is 81.3 Å². The van der Waals surface area contributed by atoms with Gasteiger partial charge in [-0.05, 0) is 12.8 Å². The van der Waals surface area contributed by atoms with Crippen LogP contribution >= 0.6 is 0 Å². The highest BCUT2D eigenvalue weighted by atomic mass is 16.2. The lowest BCUT2D eigenvalue weighted by Crippen LogP contribution is -2.25. The van der Waals surface area contributed by atoms with Crippen LogP contribution in [-0.4, -0.2) is 23.9 Å². The van der Waals surface area contributed by atoms with Gasteiger partial charge in [0.2, 0.25) is 5.91 Å². The van der Waals surface area contributed by atoms with Gasteiger partial charge in [-0.15, -0.1) is 0 Å². The molecule has 0 bridgehead atoms. The summed E-state index contributed by atoms with van der Waals surface area (Å²) >= 11 is 0. The predicted octanol–water partition coefficient (Wildman–Crippen LogP) is 2.58. The van der Waals surface area contributed by atoms with Crippen LogP contribution < -0.4 is 0 Å². The highest BCUT2D eigenvalue weighted by Gasteiger charge is 2.18. The molecule has 2 heteroatoms. The summed E-state index contributed by atoms with van der Waals surface area (Å²) in [5.41, 5.74) is 0. The van der Waals surface area contributed by atoms with E-state index in [0.717, 1.165) is 25.9 Å². The van der Waals surface area contributed by atoms with Crippen LogP contribution in [0.25, 0.3) is 0 Å². The SMILES string of the molecule is CCCCCCCN1CCCC1=O. The molecule has 0 aromatic carbocycles. The Morgan fingerprint density at radius 2 is 2.00 bits per heavy atom. The molecule has 1 fully saturated rings. The average molecular weight is 183 g/mol. The van der Waals surface area contributed by atoms with E-state index in [9.17, 15) is 4.79 Å². The Morgan fingerprint density at radius 3 is 2.62 bits per heavy atom. The van der Waals surface area contributed by atoms with Crippen LogP contribution in [0.2, 0.25) is 0 Å². The Kier molecular flexibility index (Phi) is 4.87. The van der Waals surface area contributed by atoms with Gasteiger partial charge < -0.3 is 4.90 Å². The van der Waals surface area contributed by atoms with E-state index < -0.39 is 0 Å². The molecule has 1 amide bonds. The highest BCUT2D eigenvalue weighted by molar-refractivity contribution is 5.77. The molecule has 0 saturated carbocycles. The Morgan fingerprint density at radius 1 is 1.23 bits per heavy atom. The predicted molar refractivity (Wildman–Crippen MR) is 54.6 cm³/mol. The normalized spacial score (nSPS) is 17.0. The summed E-state index contributed by atoms with van der Waals surface area (Å²) in [5, 5.41) is 0. The van der Waals surface area contributed by atoms with Crippen molar-refractivity contribution in [3.63, 3.8) is 0 Å². The molecule has 2 nitrogen and oxygen atoms in total. The van der Waals surface area contributed by atoms with E-state index in [0.29, 0.717) is 5.91 Å². The van der Waals surface area contributed by atoms with Gasteiger partial charge in [0.1, 0.15) is 0 Å². The fourth-order valence-corrected chi connectivity index (χ4v) is 1.85. The third-order valence-electron chi connectivity index (χ3n) is 2.70. The van der Waals surface area contributed by atoms with Crippen molar-refractivity contribution in [2.45, 2.75) is 51.9 Å². The lowest BCUT2D eigenvalue weighted by molar-refractivity contribution is -0.127. The van der Waals surface area contributed by atoms with Gasteiger partial charge in [0.15, 0.2) is 0 Å². The van der Waals surface area contributed by atoms with Crippen LogP contribution in [0, 0.1) is 0 Å². The van der Waals surface area contributed by atoms with Crippen molar-refractivity contribution in [3.05, 3.63) is 0 Å². The summed E-state index contributed by atoms with van der Waals surface area (Å²) in [5.74, 6) is 0.371. The zero-order chi connectivity index (χ0) is 9.52. The number of hydrogen-bond acceptors (Lipinski definition) is 1. The number of carbonyl (C=O) groups is 1. The minimum Gasteiger partial charge on any atom is -0.343 e. The average Bonchev–Trinajstić information content (AvgIpc) is 2.52. The van der Waals surface area contributed by atoms with Crippen molar-refractivity contribution in [2.75, 3.05) is 13.1 Å². The molecule has 1 saturated heterocycles. The summed E-state index contributed by atoms with van der Waals surface area (Å²) in [6, 6.07) is 0. The number of hydrogen-bond donors (Lipinski definition) is 0. The van der Waals surface area contributed by atoms with Crippen LogP contribution in [0.15, 0.2) is 0 Å². The third-order valence-corrected chi connectivity index (χ3v) is 2.70. The van der Waals surface area contributed by atoms with Crippen molar-refractivity contribution >= 4 is 5.91 Å². The van der Waals surface area contributed by atoms with Crippen molar-refractivity contribution in [1.82, 2.24) is 4.90 Å². The highest BCUT2D eigenvalue weighted by Crippen LogP contribution is 2.11. The smallest absolute Gasteiger partial charge is 0.222 e. The molecule has 0 aromatic rings. The van der Waals surface area contributed by atoms with Gasteiger partial charge in [0, 0.05) is 19.5 Å². The van der Waals surface area contributed by atoms with E-state index in [1.165, 1.54) is 32.1 Å². The summed E-state index contributed by atoms with van der Waals surface area (Å²) in [4.78, 5) is 13.2. The second-order valence-corrected chi connectivity index (χ2v) is 3.90. The molecule has 0 aliphatic carbocycles. The maximum absolute atomic E-state index is 11.2. The number of likely N-dealkylation sites (tertiary alicyclic amines) is 1. The summed E-state index contributed by atoms with van der Waals surface area (Å²) in [6.07, 6.45) is 8.32. The molecule has 76 valence electrons. The van der Waals surface area contributed by atoms with Gasteiger partial charge in [-0.25, -0.2) is 0 Å². The van der Waals surface area contributed by atoms with Gasteiger partial charge in [-0.1, -0.05) is 32.6 Å². The number of nitrogens with zero attached hydrogens (tertiary/aromatic N) is 1. The van der Waals surface area contributed by atoms with Gasteiger partial charge in [0.05, 0.1) is 0 Å². The molecule has 0 aromatic heterocycles. The summed E-state index contributed by atoms with van der Waals surface area (Å²) in [6.45, 7) is 4.24. The zero-order valence-corrected chi connectivity index (χ0v) is 8.72. The second kappa shape index (κ2) is 6.01. The number of unbranched alkanes of at least 4 members (excludes halogenated alkanes) is 4. The van der Waals surface area contributed by atoms with Gasteiger partial charge in [-0.3, -0.25) is 4.79 Å². The lowest BCUT2D eigenvalue weighted by Gasteiger charge is -2.14. The lowest BCUT2D eigenvalue weighted by atomic mass is 10.1. The minimum atomic E-state index is 0.371. The fraction of sp³-hybridized carbons (Fsp3) is 0.909. The van der Waals surface area contributed by atoms with Crippen LogP contribution in [0.4, 0.5) is 0 Å². The maximum Gasteiger partial charge on any atom is 0.222 e. The Hall–Kier alpha value is -0.530. The molecule has 0 spiro atoms. The standard InChI is InChI=1S/C11H21NO/c1-2-3-4-5-6-9-12-10-7-8-11(12)13/h2-10H2,1H3. The number of carbonyl (C=O) groups excluding carboxylic acids is 1. The molecule has 1 rings (SSSR count). The zero-order valence-electron chi connectivity index (χ0n) is 8.72. The van der Waals surface area contributed by atoms with Crippen molar-refractivity contribution in [2.24, 2.45) is 0 Å². The van der Waals surface area contributed by atoms with E-state index in [1.807, 2.05) is 4.90 Å². The number of amides is 1. The molecular weight excluding hydrogens is 162 g/mol. The van der Waals surface area contributed by atoms with E-state index in [2.05, 4.69) is 6.92 Å². The van der Waals surface area contributed by atoms with Crippen molar-refractivity contribution in [1.29, 1.82) is 0 Å². The van der Waals surface area contributed by atoms with Crippen molar-refractivity contribution in [3.8, 4) is 0 Å². The van der Waals surface area contributed by atoms with E-state index >= 15 is 0 Å². The topological polar surface area (TPSA) is 20.3 Å². The molecule has 1 aliphatic heterocycles. The number of rotatable bonds is 6. The first-order valence-corrected chi connectivity index (χ1v) is 5.62. The Bertz CT molecular complexity index is 156. The molecule has 0 unspecified atom stereocenters. The van der Waals surface area contributed by atoms with Gasteiger partial charge in [0.25, 0.3) is 0 Å². The van der Waals surface area contributed by atoms with Crippen LogP contribution in [0.1, 0.15) is 51.9 Å². The second-order valence-electron chi connectivity index (χ2n) is 3.90. The van der Waals surface area contributed by atoms with Gasteiger partial charge >= 0.3 is 0 Å². The first-order chi connectivity index (χ1) is 6.34. The summed E-state index contributed by atoms with van der Waals surface area (Å²) in [7, 11) is 0. The van der Waals surface area contributed by atoms with Gasteiger partial charge in [-0.2, -0.15) is 0 Å². The van der Waals surface area contributed by atoms with E-state index in [1.54, 1.807) is 0 Å². The van der Waals surface area contributed by atoms with Crippen LogP contribution in [-0.2, 0) is 4.79 Å². The Balaban J connectivity index is 1.96. The molecule has 0 radical (unpaired) electrons. The monoisotopic (exact) mass is 183 g/mol. The molecule has 0 atom stereocenters. The quantitative estimate of drug-likeness (QED) is 0.580. The molecule has 1 aliphatic rings. The molecule has 13 heavy (non-hydrogen) atoms. The first-order valence-electron chi connectivity index (χ1n) is 5.62. The van der Waals surface area contributed by atoms with Crippen LogP contribution in [0.3, 0.4) is 0 Å².